The fourth-order valence-corrected chi connectivity index (χ4v) is 3.03. The van der Waals surface area contributed by atoms with Crippen LogP contribution in [0, 0.1) is 5.92 Å². The number of hydrogen-bond acceptors (Lipinski definition) is 2. The van der Waals surface area contributed by atoms with E-state index in [4.69, 9.17) is 5.73 Å². The standard InChI is InChI=1S/C18H30N2/c1-5-14-10-11-20(12-14)13-17(19)15-6-8-16(9-7-15)18(2,3)4/h6-9,14,17H,5,10-13,19H2,1-4H3. The van der Waals surface area contributed by atoms with Gasteiger partial charge in [-0.1, -0.05) is 58.4 Å². The van der Waals surface area contributed by atoms with Gasteiger partial charge in [0, 0.05) is 19.1 Å². The second-order valence-electron chi connectivity index (χ2n) is 7.30. The van der Waals surface area contributed by atoms with Gasteiger partial charge in [0.25, 0.3) is 0 Å². The number of nitrogens with zero attached hydrogens (tertiary/aromatic N) is 1. The topological polar surface area (TPSA) is 29.3 Å². The van der Waals surface area contributed by atoms with Crippen molar-refractivity contribution >= 4 is 0 Å². The first-order valence-corrected chi connectivity index (χ1v) is 7.98. The largest absolute Gasteiger partial charge is 0.323 e. The van der Waals surface area contributed by atoms with Gasteiger partial charge in [0.2, 0.25) is 0 Å². The lowest BCUT2D eigenvalue weighted by Gasteiger charge is -2.23. The summed E-state index contributed by atoms with van der Waals surface area (Å²) < 4.78 is 0. The summed E-state index contributed by atoms with van der Waals surface area (Å²) in [4.78, 5) is 2.52. The van der Waals surface area contributed by atoms with Gasteiger partial charge in [-0.3, -0.25) is 0 Å². The molecule has 112 valence electrons. The van der Waals surface area contributed by atoms with Crippen molar-refractivity contribution in [3.63, 3.8) is 0 Å². The molecular weight excluding hydrogens is 244 g/mol. The second-order valence-corrected chi connectivity index (χ2v) is 7.30. The van der Waals surface area contributed by atoms with Crippen molar-refractivity contribution in [3.8, 4) is 0 Å². The van der Waals surface area contributed by atoms with Gasteiger partial charge in [0.1, 0.15) is 0 Å². The third-order valence-electron chi connectivity index (χ3n) is 4.61. The molecule has 2 N–H and O–H groups in total. The van der Waals surface area contributed by atoms with Gasteiger partial charge in [0.05, 0.1) is 0 Å². The Morgan fingerprint density at radius 3 is 2.40 bits per heavy atom. The van der Waals surface area contributed by atoms with Crippen LogP contribution in [0.25, 0.3) is 0 Å². The monoisotopic (exact) mass is 274 g/mol. The molecular formula is C18H30N2. The lowest BCUT2D eigenvalue weighted by molar-refractivity contribution is 0.302. The van der Waals surface area contributed by atoms with Crippen molar-refractivity contribution < 1.29 is 0 Å². The highest BCUT2D eigenvalue weighted by Crippen LogP contribution is 2.25. The number of rotatable bonds is 4. The third kappa shape index (κ3) is 3.83. The van der Waals surface area contributed by atoms with Gasteiger partial charge in [-0.15, -0.1) is 0 Å². The molecule has 2 heteroatoms. The zero-order chi connectivity index (χ0) is 14.8. The normalized spacial score (nSPS) is 22.1. The molecule has 0 aliphatic carbocycles. The minimum Gasteiger partial charge on any atom is -0.323 e. The molecule has 2 rings (SSSR count). The van der Waals surface area contributed by atoms with Crippen molar-refractivity contribution in [2.45, 2.75) is 52.0 Å². The molecule has 2 nitrogen and oxygen atoms in total. The number of nitrogens with two attached hydrogens (primary N) is 1. The van der Waals surface area contributed by atoms with Crippen molar-refractivity contribution in [1.29, 1.82) is 0 Å². The average molecular weight is 274 g/mol. The van der Waals surface area contributed by atoms with Crippen molar-refractivity contribution in [2.75, 3.05) is 19.6 Å². The summed E-state index contributed by atoms with van der Waals surface area (Å²) in [7, 11) is 0. The van der Waals surface area contributed by atoms with Crippen molar-refractivity contribution in [2.24, 2.45) is 11.7 Å². The lowest BCUT2D eigenvalue weighted by atomic mass is 9.86. The molecule has 0 spiro atoms. The molecule has 1 heterocycles. The van der Waals surface area contributed by atoms with Crippen LogP contribution in [0.15, 0.2) is 24.3 Å². The Balaban J connectivity index is 1.94. The van der Waals surface area contributed by atoms with Crippen LogP contribution >= 0.6 is 0 Å². The van der Waals surface area contributed by atoms with E-state index in [1.165, 1.54) is 37.1 Å². The fraction of sp³-hybridized carbons (Fsp3) is 0.667. The van der Waals surface area contributed by atoms with E-state index in [2.05, 4.69) is 56.9 Å². The fourth-order valence-electron chi connectivity index (χ4n) is 3.03. The van der Waals surface area contributed by atoms with Gasteiger partial charge in [-0.25, -0.2) is 0 Å². The first-order chi connectivity index (χ1) is 9.40. The van der Waals surface area contributed by atoms with Gasteiger partial charge >= 0.3 is 0 Å². The molecule has 1 aromatic rings. The minimum atomic E-state index is 0.139. The SMILES string of the molecule is CCC1CCN(CC(N)c2ccc(C(C)(C)C)cc2)C1. The summed E-state index contributed by atoms with van der Waals surface area (Å²) in [6.07, 6.45) is 2.64. The molecule has 20 heavy (non-hydrogen) atoms. The van der Waals surface area contributed by atoms with Crippen LogP contribution in [-0.4, -0.2) is 24.5 Å². The minimum absolute atomic E-state index is 0.139. The predicted octanol–water partition coefficient (Wildman–Crippen LogP) is 3.72. The molecule has 2 atom stereocenters. The summed E-state index contributed by atoms with van der Waals surface area (Å²) in [6.45, 7) is 12.5. The quantitative estimate of drug-likeness (QED) is 0.907. The molecule has 1 aromatic carbocycles. The molecule has 0 bridgehead atoms. The average Bonchev–Trinajstić information content (AvgIpc) is 2.85. The van der Waals surface area contributed by atoms with E-state index in [0.29, 0.717) is 0 Å². The number of likely N-dealkylation sites (tertiary alicyclic amines) is 1. The van der Waals surface area contributed by atoms with Crippen LogP contribution in [-0.2, 0) is 5.41 Å². The Bertz CT molecular complexity index is 416. The summed E-state index contributed by atoms with van der Waals surface area (Å²) in [6, 6.07) is 9.01. The number of benzene rings is 1. The van der Waals surface area contributed by atoms with Crippen LogP contribution in [0.2, 0.25) is 0 Å². The Hall–Kier alpha value is -0.860. The van der Waals surface area contributed by atoms with Crippen LogP contribution in [0.4, 0.5) is 0 Å². The summed E-state index contributed by atoms with van der Waals surface area (Å²) in [5, 5.41) is 0. The van der Waals surface area contributed by atoms with Crippen LogP contribution in [0.1, 0.15) is 57.7 Å². The van der Waals surface area contributed by atoms with E-state index < -0.39 is 0 Å². The van der Waals surface area contributed by atoms with Crippen LogP contribution in [0.5, 0.6) is 0 Å². The molecule has 0 amide bonds. The molecule has 0 aromatic heterocycles. The Morgan fingerprint density at radius 1 is 1.25 bits per heavy atom. The smallest absolute Gasteiger partial charge is 0.0424 e. The molecule has 0 saturated carbocycles. The lowest BCUT2D eigenvalue weighted by Crippen LogP contribution is -2.30. The first-order valence-electron chi connectivity index (χ1n) is 7.98. The summed E-state index contributed by atoms with van der Waals surface area (Å²) >= 11 is 0. The molecule has 1 fully saturated rings. The Kier molecular flexibility index (Phi) is 4.87. The van der Waals surface area contributed by atoms with E-state index in [0.717, 1.165) is 12.5 Å². The van der Waals surface area contributed by atoms with Crippen molar-refractivity contribution in [1.82, 2.24) is 4.90 Å². The number of hydrogen-bond donors (Lipinski definition) is 1. The predicted molar refractivity (Wildman–Crippen MR) is 86.9 cm³/mol. The molecule has 0 radical (unpaired) electrons. The zero-order valence-electron chi connectivity index (χ0n) is 13.5. The Labute approximate surface area is 124 Å². The first kappa shape index (κ1) is 15.5. The third-order valence-corrected chi connectivity index (χ3v) is 4.61. The molecule has 2 unspecified atom stereocenters. The van der Waals surface area contributed by atoms with Gasteiger partial charge in [-0.2, -0.15) is 0 Å². The van der Waals surface area contributed by atoms with Crippen LogP contribution < -0.4 is 5.73 Å². The summed E-state index contributed by atoms with van der Waals surface area (Å²) in [5.41, 5.74) is 9.23. The maximum atomic E-state index is 6.38. The van der Waals surface area contributed by atoms with E-state index in [1.807, 2.05) is 0 Å². The molecule has 1 saturated heterocycles. The zero-order valence-corrected chi connectivity index (χ0v) is 13.5. The van der Waals surface area contributed by atoms with Crippen molar-refractivity contribution in [3.05, 3.63) is 35.4 Å². The Morgan fingerprint density at radius 2 is 1.90 bits per heavy atom. The molecule has 1 aliphatic heterocycles. The molecule has 1 aliphatic rings. The van der Waals surface area contributed by atoms with E-state index in [1.54, 1.807) is 0 Å². The highest BCUT2D eigenvalue weighted by molar-refractivity contribution is 5.29. The van der Waals surface area contributed by atoms with Crippen LogP contribution in [0.3, 0.4) is 0 Å². The second kappa shape index (κ2) is 6.28. The van der Waals surface area contributed by atoms with E-state index >= 15 is 0 Å². The maximum absolute atomic E-state index is 6.38. The highest BCUT2D eigenvalue weighted by atomic mass is 15.2. The maximum Gasteiger partial charge on any atom is 0.0424 e. The van der Waals surface area contributed by atoms with Gasteiger partial charge in [-0.05, 0) is 35.4 Å². The van der Waals surface area contributed by atoms with E-state index in [9.17, 15) is 0 Å². The van der Waals surface area contributed by atoms with Gasteiger partial charge < -0.3 is 10.6 Å². The highest BCUT2D eigenvalue weighted by Gasteiger charge is 2.23. The summed E-state index contributed by atoms with van der Waals surface area (Å²) in [5.74, 6) is 0.880. The van der Waals surface area contributed by atoms with E-state index in [-0.39, 0.29) is 11.5 Å². The van der Waals surface area contributed by atoms with Gasteiger partial charge in [0.15, 0.2) is 0 Å².